The van der Waals surface area contributed by atoms with Crippen LogP contribution in [0.3, 0.4) is 0 Å². The Balaban J connectivity index is 2.01. The second-order valence-corrected chi connectivity index (χ2v) is 6.24. The molecule has 0 fully saturated rings. The largest absolute Gasteiger partial charge is 0.460 e. The summed E-state index contributed by atoms with van der Waals surface area (Å²) in [5, 5.41) is 3.46. The molecule has 0 bridgehead atoms. The van der Waals surface area contributed by atoms with E-state index in [0.717, 1.165) is 17.1 Å². The van der Waals surface area contributed by atoms with Gasteiger partial charge in [-0.1, -0.05) is 20.8 Å². The van der Waals surface area contributed by atoms with E-state index >= 15 is 0 Å². The first-order chi connectivity index (χ1) is 9.36. The van der Waals surface area contributed by atoms with Gasteiger partial charge in [-0.15, -0.1) is 0 Å². The van der Waals surface area contributed by atoms with Crippen molar-refractivity contribution in [2.24, 2.45) is 5.41 Å². The standard InChI is InChI=1S/C17H22FNO/c1-12(17(2,3)4)19-11-15-9-10-16(20-15)13-5-7-14(18)8-6-13/h5-10,12,19H,11H2,1-4H3. The van der Waals surface area contributed by atoms with Crippen LogP contribution in [0, 0.1) is 11.2 Å². The lowest BCUT2D eigenvalue weighted by Gasteiger charge is -2.27. The van der Waals surface area contributed by atoms with Gasteiger partial charge in [0.25, 0.3) is 0 Å². The van der Waals surface area contributed by atoms with Crippen LogP contribution in [0.1, 0.15) is 33.5 Å². The van der Waals surface area contributed by atoms with E-state index in [1.54, 1.807) is 12.1 Å². The summed E-state index contributed by atoms with van der Waals surface area (Å²) >= 11 is 0. The molecule has 20 heavy (non-hydrogen) atoms. The van der Waals surface area contributed by atoms with Crippen molar-refractivity contribution in [2.75, 3.05) is 0 Å². The van der Waals surface area contributed by atoms with E-state index in [4.69, 9.17) is 4.42 Å². The monoisotopic (exact) mass is 275 g/mol. The SMILES string of the molecule is CC(NCc1ccc(-c2ccc(F)cc2)o1)C(C)(C)C. The zero-order valence-corrected chi connectivity index (χ0v) is 12.5. The van der Waals surface area contributed by atoms with Crippen molar-refractivity contribution in [3.63, 3.8) is 0 Å². The molecule has 2 rings (SSSR count). The predicted octanol–water partition coefficient (Wildman–Crippen LogP) is 4.61. The maximum Gasteiger partial charge on any atom is 0.134 e. The fourth-order valence-electron chi connectivity index (χ4n) is 1.80. The Kier molecular flexibility index (Phi) is 4.29. The van der Waals surface area contributed by atoms with Crippen molar-refractivity contribution >= 4 is 0 Å². The highest BCUT2D eigenvalue weighted by Crippen LogP contribution is 2.23. The van der Waals surface area contributed by atoms with Crippen molar-refractivity contribution in [3.8, 4) is 11.3 Å². The number of nitrogens with one attached hydrogen (secondary N) is 1. The van der Waals surface area contributed by atoms with Gasteiger partial charge in [0.2, 0.25) is 0 Å². The van der Waals surface area contributed by atoms with Crippen LogP contribution in [0.5, 0.6) is 0 Å². The van der Waals surface area contributed by atoms with E-state index in [2.05, 4.69) is 33.0 Å². The quantitative estimate of drug-likeness (QED) is 0.881. The van der Waals surface area contributed by atoms with Crippen LogP contribution in [0.4, 0.5) is 4.39 Å². The van der Waals surface area contributed by atoms with Gasteiger partial charge >= 0.3 is 0 Å². The fourth-order valence-corrected chi connectivity index (χ4v) is 1.80. The molecule has 1 aromatic heterocycles. The van der Waals surface area contributed by atoms with E-state index in [1.807, 2.05) is 12.1 Å². The Bertz CT molecular complexity index is 551. The minimum absolute atomic E-state index is 0.215. The van der Waals surface area contributed by atoms with Crippen molar-refractivity contribution < 1.29 is 8.81 Å². The van der Waals surface area contributed by atoms with Gasteiger partial charge in [0, 0.05) is 11.6 Å². The van der Waals surface area contributed by atoms with Gasteiger partial charge < -0.3 is 9.73 Å². The second kappa shape index (κ2) is 5.80. The number of benzene rings is 1. The van der Waals surface area contributed by atoms with Crippen LogP contribution < -0.4 is 5.32 Å². The Labute approximate surface area is 120 Å². The number of hydrogen-bond acceptors (Lipinski definition) is 2. The lowest BCUT2D eigenvalue weighted by atomic mass is 9.88. The molecule has 0 aliphatic heterocycles. The molecule has 0 saturated carbocycles. The summed E-state index contributed by atoms with van der Waals surface area (Å²) in [5.74, 6) is 1.42. The summed E-state index contributed by atoms with van der Waals surface area (Å²) in [6.45, 7) is 9.48. The first-order valence-electron chi connectivity index (χ1n) is 6.94. The molecule has 1 heterocycles. The molecule has 108 valence electrons. The van der Waals surface area contributed by atoms with Gasteiger partial charge in [-0.2, -0.15) is 0 Å². The van der Waals surface area contributed by atoms with E-state index in [0.29, 0.717) is 12.6 Å². The smallest absolute Gasteiger partial charge is 0.134 e. The first-order valence-corrected chi connectivity index (χ1v) is 6.94. The number of halogens is 1. The fraction of sp³-hybridized carbons (Fsp3) is 0.412. The average molecular weight is 275 g/mol. The van der Waals surface area contributed by atoms with Crippen LogP contribution in [-0.4, -0.2) is 6.04 Å². The van der Waals surface area contributed by atoms with Crippen LogP contribution in [0.2, 0.25) is 0 Å². The minimum atomic E-state index is -0.235. The number of rotatable bonds is 4. The summed E-state index contributed by atoms with van der Waals surface area (Å²) in [6, 6.07) is 10.6. The van der Waals surface area contributed by atoms with Gasteiger partial charge in [0.1, 0.15) is 17.3 Å². The summed E-state index contributed by atoms with van der Waals surface area (Å²) in [5.41, 5.74) is 1.10. The Morgan fingerprint density at radius 3 is 2.35 bits per heavy atom. The molecule has 1 aromatic carbocycles. The van der Waals surface area contributed by atoms with Crippen LogP contribution >= 0.6 is 0 Å². The van der Waals surface area contributed by atoms with Crippen molar-refractivity contribution in [3.05, 3.63) is 48.0 Å². The van der Waals surface area contributed by atoms with Gasteiger partial charge in [-0.25, -0.2) is 4.39 Å². The van der Waals surface area contributed by atoms with Crippen molar-refractivity contribution in [1.29, 1.82) is 0 Å². The third-order valence-electron chi connectivity index (χ3n) is 3.67. The molecule has 1 N–H and O–H groups in total. The lowest BCUT2D eigenvalue weighted by molar-refractivity contribution is 0.278. The zero-order chi connectivity index (χ0) is 14.8. The summed E-state index contributed by atoms with van der Waals surface area (Å²) in [6.07, 6.45) is 0. The molecule has 1 unspecified atom stereocenters. The highest BCUT2D eigenvalue weighted by atomic mass is 19.1. The molecule has 3 heteroatoms. The molecule has 0 aliphatic rings. The Hall–Kier alpha value is -1.61. The van der Waals surface area contributed by atoms with Gasteiger partial charge in [0.15, 0.2) is 0 Å². The molecule has 0 radical (unpaired) electrons. The van der Waals surface area contributed by atoms with Crippen molar-refractivity contribution in [2.45, 2.75) is 40.3 Å². The summed E-state index contributed by atoms with van der Waals surface area (Å²) in [7, 11) is 0. The van der Waals surface area contributed by atoms with Crippen molar-refractivity contribution in [1.82, 2.24) is 5.32 Å². The van der Waals surface area contributed by atoms with Gasteiger partial charge in [-0.05, 0) is 48.7 Å². The Morgan fingerprint density at radius 2 is 1.75 bits per heavy atom. The first kappa shape index (κ1) is 14.8. The average Bonchev–Trinajstić information content (AvgIpc) is 2.84. The molecule has 0 spiro atoms. The molecule has 1 atom stereocenters. The third kappa shape index (κ3) is 3.70. The topological polar surface area (TPSA) is 25.2 Å². The predicted molar refractivity (Wildman–Crippen MR) is 79.9 cm³/mol. The van der Waals surface area contributed by atoms with Gasteiger partial charge in [-0.3, -0.25) is 0 Å². The second-order valence-electron chi connectivity index (χ2n) is 6.24. The van der Waals surface area contributed by atoms with E-state index in [9.17, 15) is 4.39 Å². The molecular formula is C17H22FNO. The van der Waals surface area contributed by atoms with Crippen LogP contribution in [-0.2, 0) is 6.54 Å². The highest BCUT2D eigenvalue weighted by Gasteiger charge is 2.19. The molecular weight excluding hydrogens is 253 g/mol. The van der Waals surface area contributed by atoms with Crippen LogP contribution in [0.25, 0.3) is 11.3 Å². The molecule has 0 saturated heterocycles. The summed E-state index contributed by atoms with van der Waals surface area (Å²) < 4.78 is 18.7. The molecule has 2 aromatic rings. The zero-order valence-electron chi connectivity index (χ0n) is 12.5. The molecule has 2 nitrogen and oxygen atoms in total. The number of furan rings is 1. The normalized spacial score (nSPS) is 13.4. The third-order valence-corrected chi connectivity index (χ3v) is 3.67. The minimum Gasteiger partial charge on any atom is -0.460 e. The maximum absolute atomic E-state index is 12.9. The molecule has 0 aliphatic carbocycles. The van der Waals surface area contributed by atoms with Crippen LogP contribution in [0.15, 0.2) is 40.8 Å². The van der Waals surface area contributed by atoms with E-state index < -0.39 is 0 Å². The Morgan fingerprint density at radius 1 is 1.10 bits per heavy atom. The lowest BCUT2D eigenvalue weighted by Crippen LogP contribution is -2.37. The molecule has 0 amide bonds. The van der Waals surface area contributed by atoms with E-state index in [1.165, 1.54) is 12.1 Å². The van der Waals surface area contributed by atoms with E-state index in [-0.39, 0.29) is 11.2 Å². The maximum atomic E-state index is 12.9. The number of hydrogen-bond donors (Lipinski definition) is 1. The highest BCUT2D eigenvalue weighted by molar-refractivity contribution is 5.57. The van der Waals surface area contributed by atoms with Gasteiger partial charge in [0.05, 0.1) is 6.54 Å². The summed E-state index contributed by atoms with van der Waals surface area (Å²) in [4.78, 5) is 0.